The number of rotatable bonds is 8. The fourth-order valence-corrected chi connectivity index (χ4v) is 1.49. The fraction of sp³-hybridized carbons (Fsp3) is 0.900. The topological polar surface area (TPSA) is 49.8 Å². The van der Waals surface area contributed by atoms with Gasteiger partial charge in [-0.05, 0) is 25.9 Å². The van der Waals surface area contributed by atoms with E-state index < -0.39 is 12.0 Å². The first-order chi connectivity index (χ1) is 6.67. The molecule has 0 saturated heterocycles. The van der Waals surface area contributed by atoms with Gasteiger partial charge in [0.25, 0.3) is 0 Å². The van der Waals surface area contributed by atoms with Crippen molar-refractivity contribution in [2.45, 2.75) is 32.7 Å². The van der Waals surface area contributed by atoms with Crippen molar-refractivity contribution in [3.63, 3.8) is 0 Å². The van der Waals surface area contributed by atoms with Gasteiger partial charge in [-0.2, -0.15) is 0 Å². The summed E-state index contributed by atoms with van der Waals surface area (Å²) in [6, 6.07) is -0.500. The number of aliphatic carboxylic acids is 1. The van der Waals surface area contributed by atoms with E-state index in [4.69, 9.17) is 9.84 Å². The van der Waals surface area contributed by atoms with Gasteiger partial charge in [0, 0.05) is 7.11 Å². The summed E-state index contributed by atoms with van der Waals surface area (Å²) in [5.41, 5.74) is 0. The van der Waals surface area contributed by atoms with Crippen LogP contribution >= 0.6 is 12.4 Å². The first kappa shape index (κ1) is 17.1. The van der Waals surface area contributed by atoms with Crippen LogP contribution in [0.4, 0.5) is 0 Å². The lowest BCUT2D eigenvalue weighted by Crippen LogP contribution is -2.45. The molecule has 0 aromatic rings. The molecular formula is C10H22ClNO3. The number of halogens is 1. The van der Waals surface area contributed by atoms with E-state index in [1.54, 1.807) is 0 Å². The minimum Gasteiger partial charge on any atom is -0.480 e. The number of ether oxygens (including phenoxy) is 1. The highest BCUT2D eigenvalue weighted by Crippen LogP contribution is 2.03. The van der Waals surface area contributed by atoms with E-state index in [1.165, 1.54) is 7.11 Å². The van der Waals surface area contributed by atoms with Crippen LogP contribution in [0, 0.1) is 0 Å². The molecule has 0 saturated carbocycles. The lowest BCUT2D eigenvalue weighted by Gasteiger charge is -2.27. The molecule has 0 aliphatic carbocycles. The highest BCUT2D eigenvalue weighted by Gasteiger charge is 2.23. The number of nitrogens with zero attached hydrogens (tertiary/aromatic N) is 1. The molecule has 1 atom stereocenters. The predicted molar refractivity (Wildman–Crippen MR) is 62.7 cm³/mol. The van der Waals surface area contributed by atoms with Crippen molar-refractivity contribution < 1.29 is 14.6 Å². The molecule has 0 radical (unpaired) electrons. The first-order valence-electron chi connectivity index (χ1n) is 5.13. The Morgan fingerprint density at radius 2 is 1.80 bits per heavy atom. The van der Waals surface area contributed by atoms with Crippen molar-refractivity contribution in [1.82, 2.24) is 4.90 Å². The molecule has 5 heteroatoms. The van der Waals surface area contributed by atoms with Crippen molar-refractivity contribution in [2.24, 2.45) is 0 Å². The molecule has 0 rings (SSSR count). The largest absolute Gasteiger partial charge is 0.480 e. The van der Waals surface area contributed by atoms with Crippen molar-refractivity contribution in [3.8, 4) is 0 Å². The van der Waals surface area contributed by atoms with Gasteiger partial charge in [0.2, 0.25) is 0 Å². The monoisotopic (exact) mass is 239 g/mol. The molecule has 0 aromatic heterocycles. The summed E-state index contributed by atoms with van der Waals surface area (Å²) in [4.78, 5) is 12.9. The van der Waals surface area contributed by atoms with E-state index in [2.05, 4.69) is 0 Å². The fourth-order valence-electron chi connectivity index (χ4n) is 1.49. The minimum absolute atomic E-state index is 0. The Balaban J connectivity index is 0. The Hall–Kier alpha value is -0.320. The zero-order valence-corrected chi connectivity index (χ0v) is 10.5. The van der Waals surface area contributed by atoms with Crippen LogP contribution < -0.4 is 0 Å². The molecule has 92 valence electrons. The summed E-state index contributed by atoms with van der Waals surface area (Å²) < 4.78 is 4.92. The summed E-state index contributed by atoms with van der Waals surface area (Å²) in [6.07, 6.45) is 1.93. The Morgan fingerprint density at radius 3 is 2.07 bits per heavy atom. The number of methoxy groups -OCH3 is 1. The smallest absolute Gasteiger partial charge is 0.323 e. The van der Waals surface area contributed by atoms with Crippen LogP contribution in [0.3, 0.4) is 0 Å². The quantitative estimate of drug-likeness (QED) is 0.700. The predicted octanol–water partition coefficient (Wildman–Crippen LogP) is 1.63. The molecule has 0 amide bonds. The standard InChI is InChI=1S/C10H21NO3.ClH/c1-4-6-11(7-5-2)9(8-14-3)10(12)13;/h9H,4-8H2,1-3H3,(H,12,13);1H. The van der Waals surface area contributed by atoms with Gasteiger partial charge in [-0.1, -0.05) is 13.8 Å². The third kappa shape index (κ3) is 6.71. The van der Waals surface area contributed by atoms with Gasteiger partial charge in [-0.25, -0.2) is 0 Å². The molecule has 0 fully saturated rings. The summed E-state index contributed by atoms with van der Waals surface area (Å²) in [6.45, 7) is 5.99. The molecular weight excluding hydrogens is 218 g/mol. The Morgan fingerprint density at radius 1 is 1.33 bits per heavy atom. The van der Waals surface area contributed by atoms with E-state index in [9.17, 15) is 4.79 Å². The van der Waals surface area contributed by atoms with E-state index in [0.717, 1.165) is 25.9 Å². The van der Waals surface area contributed by atoms with Gasteiger partial charge in [0.05, 0.1) is 6.61 Å². The summed E-state index contributed by atoms with van der Waals surface area (Å²) >= 11 is 0. The maximum Gasteiger partial charge on any atom is 0.323 e. The average molecular weight is 240 g/mol. The number of carboxylic acid groups (broad SMARTS) is 1. The zero-order chi connectivity index (χ0) is 11.0. The molecule has 15 heavy (non-hydrogen) atoms. The zero-order valence-electron chi connectivity index (χ0n) is 9.73. The highest BCUT2D eigenvalue weighted by atomic mass is 35.5. The molecule has 1 unspecified atom stereocenters. The van der Waals surface area contributed by atoms with Gasteiger partial charge in [0.1, 0.15) is 6.04 Å². The Labute approximate surface area is 98.0 Å². The van der Waals surface area contributed by atoms with E-state index >= 15 is 0 Å². The van der Waals surface area contributed by atoms with E-state index in [0.29, 0.717) is 0 Å². The SMILES string of the molecule is CCCN(CCC)C(COC)C(=O)O.Cl. The lowest BCUT2D eigenvalue weighted by atomic mass is 10.2. The first-order valence-corrected chi connectivity index (χ1v) is 5.13. The molecule has 0 aliphatic rings. The molecule has 0 heterocycles. The summed E-state index contributed by atoms with van der Waals surface area (Å²) in [5.74, 6) is -0.797. The molecule has 1 N–H and O–H groups in total. The highest BCUT2D eigenvalue weighted by molar-refractivity contribution is 5.85. The van der Waals surface area contributed by atoms with Crippen LogP contribution in [-0.4, -0.2) is 48.8 Å². The van der Waals surface area contributed by atoms with Gasteiger partial charge < -0.3 is 9.84 Å². The number of carbonyl (C=O) groups is 1. The molecule has 4 nitrogen and oxygen atoms in total. The summed E-state index contributed by atoms with van der Waals surface area (Å²) in [5, 5.41) is 9.01. The van der Waals surface area contributed by atoms with Crippen molar-refractivity contribution in [1.29, 1.82) is 0 Å². The summed E-state index contributed by atoms with van der Waals surface area (Å²) in [7, 11) is 1.53. The third-order valence-corrected chi connectivity index (χ3v) is 2.07. The Bertz CT molecular complexity index is 161. The molecule has 0 aromatic carbocycles. The van der Waals surface area contributed by atoms with E-state index in [-0.39, 0.29) is 19.0 Å². The van der Waals surface area contributed by atoms with E-state index in [1.807, 2.05) is 18.7 Å². The Kier molecular flexibility index (Phi) is 11.6. The van der Waals surface area contributed by atoms with Crippen molar-refractivity contribution in [2.75, 3.05) is 26.8 Å². The van der Waals surface area contributed by atoms with Gasteiger partial charge in [-0.3, -0.25) is 9.69 Å². The minimum atomic E-state index is -0.797. The van der Waals surface area contributed by atoms with Crippen LogP contribution in [0.1, 0.15) is 26.7 Å². The van der Waals surface area contributed by atoms with Gasteiger partial charge in [-0.15, -0.1) is 12.4 Å². The van der Waals surface area contributed by atoms with Crippen LogP contribution in [-0.2, 0) is 9.53 Å². The molecule has 0 bridgehead atoms. The molecule has 0 aliphatic heterocycles. The van der Waals surface area contributed by atoms with Gasteiger partial charge >= 0.3 is 5.97 Å². The van der Waals surface area contributed by atoms with Crippen LogP contribution in [0.2, 0.25) is 0 Å². The van der Waals surface area contributed by atoms with Crippen molar-refractivity contribution >= 4 is 18.4 Å². The number of hydrogen-bond acceptors (Lipinski definition) is 3. The van der Waals surface area contributed by atoms with Crippen LogP contribution in [0.15, 0.2) is 0 Å². The second-order valence-corrected chi connectivity index (χ2v) is 3.35. The number of carboxylic acids is 1. The van der Waals surface area contributed by atoms with Crippen molar-refractivity contribution in [3.05, 3.63) is 0 Å². The van der Waals surface area contributed by atoms with Crippen LogP contribution in [0.25, 0.3) is 0 Å². The maximum absolute atomic E-state index is 11.0. The normalized spacial score (nSPS) is 12.3. The average Bonchev–Trinajstić information content (AvgIpc) is 2.13. The second-order valence-electron chi connectivity index (χ2n) is 3.35. The lowest BCUT2D eigenvalue weighted by molar-refractivity contribution is -0.145. The van der Waals surface area contributed by atoms with Gasteiger partial charge in [0.15, 0.2) is 0 Å². The second kappa shape index (κ2) is 10.2. The third-order valence-electron chi connectivity index (χ3n) is 2.07. The van der Waals surface area contributed by atoms with Crippen LogP contribution in [0.5, 0.6) is 0 Å². The molecule has 0 spiro atoms. The maximum atomic E-state index is 11.0. The number of hydrogen-bond donors (Lipinski definition) is 1.